The monoisotopic (exact) mass is 383 g/mol. The van der Waals surface area contributed by atoms with Crippen molar-refractivity contribution in [3.63, 3.8) is 0 Å². The van der Waals surface area contributed by atoms with E-state index in [2.05, 4.69) is 34.1 Å². The lowest BCUT2D eigenvalue weighted by atomic mass is 10.0. The molecule has 2 heterocycles. The largest absolute Gasteiger partial charge is 0.493 e. The summed E-state index contributed by atoms with van der Waals surface area (Å²) in [6.45, 7) is 4.29. The fourth-order valence-electron chi connectivity index (χ4n) is 4.25. The van der Waals surface area contributed by atoms with Crippen LogP contribution in [0.15, 0.2) is 36.4 Å². The Labute approximate surface area is 166 Å². The van der Waals surface area contributed by atoms with Gasteiger partial charge in [-0.1, -0.05) is 6.07 Å². The Morgan fingerprint density at radius 2 is 1.82 bits per heavy atom. The third-order valence-corrected chi connectivity index (χ3v) is 5.65. The zero-order valence-electron chi connectivity index (χ0n) is 16.7. The van der Waals surface area contributed by atoms with Crippen LogP contribution in [-0.2, 0) is 17.8 Å². The highest BCUT2D eigenvalue weighted by Gasteiger charge is 2.29. The molecule has 1 fully saturated rings. The lowest BCUT2D eigenvalue weighted by Crippen LogP contribution is -2.49. The van der Waals surface area contributed by atoms with E-state index in [-0.39, 0.29) is 0 Å². The van der Waals surface area contributed by atoms with Crippen molar-refractivity contribution in [1.29, 1.82) is 0 Å². The highest BCUT2D eigenvalue weighted by Crippen LogP contribution is 2.34. The van der Waals surface area contributed by atoms with Crippen molar-refractivity contribution in [2.75, 3.05) is 44.7 Å². The lowest BCUT2D eigenvalue weighted by molar-refractivity contribution is 0.0793. The van der Waals surface area contributed by atoms with Gasteiger partial charge in [-0.2, -0.15) is 0 Å². The minimum absolute atomic E-state index is 0.504. The Bertz CT molecular complexity index is 821. The molecule has 28 heavy (non-hydrogen) atoms. The number of hydrogen-bond donors (Lipinski definition) is 1. The SMILES string of the molecule is COc1ccc(CN2Cc3cc(N)ccc3N(C3CCOCC3)C2)cc1OC. The second-order valence-corrected chi connectivity index (χ2v) is 7.52. The van der Waals surface area contributed by atoms with Gasteiger partial charge in [0.05, 0.1) is 20.9 Å². The minimum Gasteiger partial charge on any atom is -0.493 e. The molecule has 0 aromatic heterocycles. The second kappa shape index (κ2) is 8.29. The molecule has 0 saturated carbocycles. The van der Waals surface area contributed by atoms with Crippen molar-refractivity contribution < 1.29 is 14.2 Å². The van der Waals surface area contributed by atoms with Crippen LogP contribution in [0, 0.1) is 0 Å². The maximum atomic E-state index is 6.09. The van der Waals surface area contributed by atoms with Crippen LogP contribution < -0.4 is 20.1 Å². The van der Waals surface area contributed by atoms with E-state index in [1.807, 2.05) is 12.1 Å². The van der Waals surface area contributed by atoms with Gasteiger partial charge in [0.1, 0.15) is 0 Å². The summed E-state index contributed by atoms with van der Waals surface area (Å²) < 4.78 is 16.4. The molecule has 150 valence electrons. The van der Waals surface area contributed by atoms with Gasteiger partial charge >= 0.3 is 0 Å². The first-order chi connectivity index (χ1) is 13.7. The van der Waals surface area contributed by atoms with Crippen LogP contribution >= 0.6 is 0 Å². The molecule has 2 aromatic carbocycles. The predicted octanol–water partition coefficient (Wildman–Crippen LogP) is 3.24. The third-order valence-electron chi connectivity index (χ3n) is 5.65. The summed E-state index contributed by atoms with van der Waals surface area (Å²) in [6, 6.07) is 12.9. The van der Waals surface area contributed by atoms with Crippen LogP contribution in [0.1, 0.15) is 24.0 Å². The topological polar surface area (TPSA) is 60.2 Å². The quantitative estimate of drug-likeness (QED) is 0.800. The Balaban J connectivity index is 1.58. The maximum absolute atomic E-state index is 6.09. The first-order valence-corrected chi connectivity index (χ1v) is 9.84. The van der Waals surface area contributed by atoms with E-state index in [4.69, 9.17) is 19.9 Å². The van der Waals surface area contributed by atoms with Gasteiger partial charge in [-0.25, -0.2) is 0 Å². The Morgan fingerprint density at radius 1 is 1.04 bits per heavy atom. The van der Waals surface area contributed by atoms with Crippen LogP contribution in [0.4, 0.5) is 11.4 Å². The number of ether oxygens (including phenoxy) is 3. The molecule has 2 aliphatic rings. The van der Waals surface area contributed by atoms with Crippen LogP contribution in [0.2, 0.25) is 0 Å². The number of nitrogens with two attached hydrogens (primary N) is 1. The number of nitrogens with zero attached hydrogens (tertiary/aromatic N) is 2. The summed E-state index contributed by atoms with van der Waals surface area (Å²) in [5, 5.41) is 0. The molecule has 6 nitrogen and oxygen atoms in total. The molecule has 1 saturated heterocycles. The molecule has 0 aliphatic carbocycles. The number of anilines is 2. The van der Waals surface area contributed by atoms with Gasteiger partial charge in [0.15, 0.2) is 11.5 Å². The molecule has 2 N–H and O–H groups in total. The highest BCUT2D eigenvalue weighted by atomic mass is 16.5. The Morgan fingerprint density at radius 3 is 2.57 bits per heavy atom. The standard InChI is InChI=1S/C22H29N3O3/c1-26-21-6-3-16(11-22(21)27-2)13-24-14-17-12-18(23)4-5-20(17)25(15-24)19-7-9-28-10-8-19/h3-6,11-12,19H,7-10,13-15,23H2,1-2H3. The number of rotatable bonds is 5. The predicted molar refractivity (Wildman–Crippen MR) is 111 cm³/mol. The molecule has 0 amide bonds. The van der Waals surface area contributed by atoms with E-state index in [0.29, 0.717) is 6.04 Å². The van der Waals surface area contributed by atoms with Crippen molar-refractivity contribution in [1.82, 2.24) is 4.90 Å². The molecule has 0 atom stereocenters. The van der Waals surface area contributed by atoms with E-state index in [0.717, 1.165) is 63.0 Å². The van der Waals surface area contributed by atoms with E-state index < -0.39 is 0 Å². The Kier molecular flexibility index (Phi) is 5.59. The van der Waals surface area contributed by atoms with Crippen LogP contribution in [-0.4, -0.2) is 45.0 Å². The van der Waals surface area contributed by atoms with Crippen molar-refractivity contribution in [2.45, 2.75) is 32.0 Å². The number of hydrogen-bond acceptors (Lipinski definition) is 6. The van der Waals surface area contributed by atoms with Gasteiger partial charge in [0, 0.05) is 43.7 Å². The summed E-state index contributed by atoms with van der Waals surface area (Å²) in [4.78, 5) is 4.99. The molecule has 4 rings (SSSR count). The molecule has 0 spiro atoms. The Hall–Kier alpha value is -2.44. The van der Waals surface area contributed by atoms with Gasteiger partial charge in [0.2, 0.25) is 0 Å². The van der Waals surface area contributed by atoms with Crippen LogP contribution in [0.5, 0.6) is 11.5 Å². The molecular weight excluding hydrogens is 354 g/mol. The molecule has 2 aliphatic heterocycles. The number of benzene rings is 2. The van der Waals surface area contributed by atoms with Gasteiger partial charge in [-0.3, -0.25) is 4.90 Å². The fourth-order valence-corrected chi connectivity index (χ4v) is 4.25. The van der Waals surface area contributed by atoms with Crippen molar-refractivity contribution >= 4 is 11.4 Å². The average Bonchev–Trinajstić information content (AvgIpc) is 2.73. The van der Waals surface area contributed by atoms with E-state index in [9.17, 15) is 0 Å². The van der Waals surface area contributed by atoms with Gasteiger partial charge in [-0.05, 0) is 54.3 Å². The summed E-state index contributed by atoms with van der Waals surface area (Å²) in [7, 11) is 3.34. The zero-order chi connectivity index (χ0) is 19.5. The first kappa shape index (κ1) is 18.9. The van der Waals surface area contributed by atoms with Crippen LogP contribution in [0.25, 0.3) is 0 Å². The maximum Gasteiger partial charge on any atom is 0.161 e. The normalized spacial score (nSPS) is 18.0. The summed E-state index contributed by atoms with van der Waals surface area (Å²) in [5.41, 5.74) is 10.7. The van der Waals surface area contributed by atoms with Crippen molar-refractivity contribution in [3.8, 4) is 11.5 Å². The summed E-state index contributed by atoms with van der Waals surface area (Å²) in [5.74, 6) is 1.52. The lowest BCUT2D eigenvalue weighted by Gasteiger charge is -2.44. The van der Waals surface area contributed by atoms with Crippen LogP contribution in [0.3, 0.4) is 0 Å². The van der Waals surface area contributed by atoms with E-state index in [1.165, 1.54) is 16.8 Å². The molecule has 6 heteroatoms. The summed E-state index contributed by atoms with van der Waals surface area (Å²) in [6.07, 6.45) is 2.13. The highest BCUT2D eigenvalue weighted by molar-refractivity contribution is 5.61. The number of fused-ring (bicyclic) bond motifs is 1. The van der Waals surface area contributed by atoms with Crippen molar-refractivity contribution in [2.24, 2.45) is 0 Å². The van der Waals surface area contributed by atoms with Gasteiger partial charge < -0.3 is 24.8 Å². The smallest absolute Gasteiger partial charge is 0.161 e. The minimum atomic E-state index is 0.504. The fraction of sp³-hybridized carbons (Fsp3) is 0.455. The number of methoxy groups -OCH3 is 2. The molecule has 0 bridgehead atoms. The van der Waals surface area contributed by atoms with Crippen molar-refractivity contribution in [3.05, 3.63) is 47.5 Å². The van der Waals surface area contributed by atoms with E-state index >= 15 is 0 Å². The number of nitrogen functional groups attached to an aromatic ring is 1. The molecular formula is C22H29N3O3. The molecule has 0 radical (unpaired) electrons. The average molecular weight is 383 g/mol. The molecule has 2 aromatic rings. The summed E-state index contributed by atoms with van der Waals surface area (Å²) >= 11 is 0. The van der Waals surface area contributed by atoms with E-state index in [1.54, 1.807) is 14.2 Å². The first-order valence-electron chi connectivity index (χ1n) is 9.84. The second-order valence-electron chi connectivity index (χ2n) is 7.52. The molecule has 0 unspecified atom stereocenters. The van der Waals surface area contributed by atoms with Gasteiger partial charge in [-0.15, -0.1) is 0 Å². The van der Waals surface area contributed by atoms with Gasteiger partial charge in [0.25, 0.3) is 0 Å². The zero-order valence-corrected chi connectivity index (χ0v) is 16.7. The third kappa shape index (κ3) is 3.88.